The van der Waals surface area contributed by atoms with Crippen LogP contribution in [0.15, 0.2) is 42.5 Å². The molecule has 0 bridgehead atoms. The molecule has 0 fully saturated rings. The van der Waals surface area contributed by atoms with Crippen LogP contribution < -0.4 is 0 Å². The predicted molar refractivity (Wildman–Crippen MR) is 84.3 cm³/mol. The van der Waals surface area contributed by atoms with Crippen LogP contribution in [0.4, 0.5) is 0 Å². The van der Waals surface area contributed by atoms with Gasteiger partial charge in [-0.1, -0.05) is 63.3 Å². The molecule has 0 aliphatic rings. The Kier molecular flexibility index (Phi) is 7.22. The van der Waals surface area contributed by atoms with E-state index in [-0.39, 0.29) is 6.61 Å². The van der Waals surface area contributed by atoms with Gasteiger partial charge in [-0.3, -0.25) is 4.57 Å². The Bertz CT molecular complexity index is 454. The Morgan fingerprint density at radius 3 is 2.50 bits per heavy atom. The Morgan fingerprint density at radius 2 is 1.95 bits per heavy atom. The highest BCUT2D eigenvalue weighted by Gasteiger charge is 2.21. The highest BCUT2D eigenvalue weighted by Crippen LogP contribution is 2.47. The fourth-order valence-electron chi connectivity index (χ4n) is 1.74. The molecule has 4 heteroatoms. The first kappa shape index (κ1) is 17.2. The van der Waals surface area contributed by atoms with Gasteiger partial charge in [0.25, 0.3) is 0 Å². The van der Waals surface area contributed by atoms with Crippen molar-refractivity contribution in [1.29, 1.82) is 0 Å². The second-order valence-electron chi connectivity index (χ2n) is 5.21. The van der Waals surface area contributed by atoms with Crippen molar-refractivity contribution >= 4 is 7.37 Å². The molecule has 3 nitrogen and oxygen atoms in total. The Balaban J connectivity index is 2.54. The lowest BCUT2D eigenvalue weighted by molar-refractivity contribution is 0.110. The van der Waals surface area contributed by atoms with E-state index in [1.807, 2.05) is 49.4 Å². The van der Waals surface area contributed by atoms with Gasteiger partial charge >= 0.3 is 0 Å². The second-order valence-corrected chi connectivity index (χ2v) is 8.09. The molecule has 0 heterocycles. The summed E-state index contributed by atoms with van der Waals surface area (Å²) in [5.41, 5.74) is 0.785. The lowest BCUT2D eigenvalue weighted by atomic mass is 10.1. The van der Waals surface area contributed by atoms with Crippen LogP contribution in [0.25, 0.3) is 0 Å². The molecular formula is C16H25O3P. The monoisotopic (exact) mass is 296 g/mol. The van der Waals surface area contributed by atoms with Gasteiger partial charge in [-0.15, -0.1) is 0 Å². The number of rotatable bonds is 8. The smallest absolute Gasteiger partial charge is 0.206 e. The van der Waals surface area contributed by atoms with Crippen LogP contribution in [0.5, 0.6) is 0 Å². The van der Waals surface area contributed by atoms with Gasteiger partial charge in [-0.25, -0.2) is 0 Å². The standard InChI is InChI=1S/C16H25O3P/c1-4-20(18,12-8-9-14(2)3)19-13-16(17)15-10-6-5-7-11-15/h5-11,14,16-17H,4,12-13H2,1-3H3. The minimum atomic E-state index is -2.68. The molecular weight excluding hydrogens is 271 g/mol. The number of hydrogen-bond acceptors (Lipinski definition) is 3. The van der Waals surface area contributed by atoms with Gasteiger partial charge in [-0.2, -0.15) is 0 Å². The molecule has 1 aromatic carbocycles. The molecule has 1 N–H and O–H groups in total. The quantitative estimate of drug-likeness (QED) is 0.576. The van der Waals surface area contributed by atoms with E-state index in [4.69, 9.17) is 4.52 Å². The van der Waals surface area contributed by atoms with E-state index in [1.165, 1.54) is 0 Å². The molecule has 0 aliphatic carbocycles. The summed E-state index contributed by atoms with van der Waals surface area (Å²) < 4.78 is 18.0. The van der Waals surface area contributed by atoms with Crippen molar-refractivity contribution in [2.75, 3.05) is 18.9 Å². The number of benzene rings is 1. The number of hydrogen-bond donors (Lipinski definition) is 1. The van der Waals surface area contributed by atoms with E-state index >= 15 is 0 Å². The third kappa shape index (κ3) is 6.04. The van der Waals surface area contributed by atoms with Gasteiger partial charge in [0.05, 0.1) is 6.61 Å². The fourth-order valence-corrected chi connectivity index (χ4v) is 3.15. The topological polar surface area (TPSA) is 46.5 Å². The molecule has 1 aromatic rings. The van der Waals surface area contributed by atoms with Crippen molar-refractivity contribution in [2.24, 2.45) is 5.92 Å². The van der Waals surface area contributed by atoms with Gasteiger partial charge in [0.1, 0.15) is 6.10 Å². The van der Waals surface area contributed by atoms with Crippen molar-refractivity contribution < 1.29 is 14.2 Å². The highest BCUT2D eigenvalue weighted by atomic mass is 31.2. The molecule has 1 rings (SSSR count). The number of aliphatic hydroxyl groups excluding tert-OH is 1. The van der Waals surface area contributed by atoms with Gasteiger partial charge in [0.15, 0.2) is 0 Å². The van der Waals surface area contributed by atoms with Crippen LogP contribution in [-0.4, -0.2) is 24.0 Å². The Labute approximate surface area is 122 Å². The van der Waals surface area contributed by atoms with Gasteiger partial charge in [-0.05, 0) is 11.5 Å². The van der Waals surface area contributed by atoms with Crippen molar-refractivity contribution in [3.63, 3.8) is 0 Å². The lowest BCUT2D eigenvalue weighted by Gasteiger charge is -2.18. The van der Waals surface area contributed by atoms with E-state index in [2.05, 4.69) is 13.8 Å². The van der Waals surface area contributed by atoms with Crippen LogP contribution in [0, 0.1) is 5.92 Å². The van der Waals surface area contributed by atoms with Crippen molar-refractivity contribution in [2.45, 2.75) is 26.9 Å². The maximum atomic E-state index is 12.5. The summed E-state index contributed by atoms with van der Waals surface area (Å²) in [5, 5.41) is 10.0. The summed E-state index contributed by atoms with van der Waals surface area (Å²) in [5.74, 6) is 0.440. The van der Waals surface area contributed by atoms with Gasteiger partial charge in [0, 0.05) is 12.3 Å². The minimum Gasteiger partial charge on any atom is -0.386 e. The van der Waals surface area contributed by atoms with Crippen molar-refractivity contribution in [1.82, 2.24) is 0 Å². The zero-order valence-corrected chi connectivity index (χ0v) is 13.4. The van der Waals surface area contributed by atoms with Crippen LogP contribution in [0.1, 0.15) is 32.4 Å². The van der Waals surface area contributed by atoms with Gasteiger partial charge in [0.2, 0.25) is 7.37 Å². The Hall–Kier alpha value is -0.890. The SMILES string of the molecule is CCP(=O)(CC=CC(C)C)OCC(O)c1ccccc1. The molecule has 2 atom stereocenters. The largest absolute Gasteiger partial charge is 0.386 e. The van der Waals surface area contributed by atoms with E-state index in [0.29, 0.717) is 18.2 Å². The molecule has 0 aromatic heterocycles. The van der Waals surface area contributed by atoms with Crippen LogP contribution in [-0.2, 0) is 9.09 Å². The Morgan fingerprint density at radius 1 is 1.30 bits per heavy atom. The number of aliphatic hydroxyl groups is 1. The summed E-state index contributed by atoms with van der Waals surface area (Å²) in [6.45, 7) is 6.09. The van der Waals surface area contributed by atoms with Crippen LogP contribution in [0.3, 0.4) is 0 Å². The highest BCUT2D eigenvalue weighted by molar-refractivity contribution is 7.59. The van der Waals surface area contributed by atoms with E-state index < -0.39 is 13.5 Å². The third-order valence-electron chi connectivity index (χ3n) is 3.04. The van der Waals surface area contributed by atoms with Gasteiger partial charge < -0.3 is 9.63 Å². The lowest BCUT2D eigenvalue weighted by Crippen LogP contribution is -2.08. The first-order valence-corrected chi connectivity index (χ1v) is 9.08. The van der Waals surface area contributed by atoms with Crippen molar-refractivity contribution in [3.8, 4) is 0 Å². The first-order chi connectivity index (χ1) is 9.47. The molecule has 112 valence electrons. The summed E-state index contributed by atoms with van der Waals surface area (Å²) in [6, 6.07) is 9.30. The first-order valence-electron chi connectivity index (χ1n) is 7.09. The molecule has 20 heavy (non-hydrogen) atoms. The second kappa shape index (κ2) is 8.41. The average Bonchev–Trinajstić information content (AvgIpc) is 2.45. The summed E-state index contributed by atoms with van der Waals surface area (Å²) in [6.07, 6.45) is 4.13. The average molecular weight is 296 g/mol. The fraction of sp³-hybridized carbons (Fsp3) is 0.500. The normalized spacial score (nSPS) is 16.4. The minimum absolute atomic E-state index is 0.0741. The molecule has 0 saturated carbocycles. The van der Waals surface area contributed by atoms with Crippen LogP contribution >= 0.6 is 7.37 Å². The maximum Gasteiger partial charge on any atom is 0.206 e. The maximum absolute atomic E-state index is 12.5. The zero-order valence-electron chi connectivity index (χ0n) is 12.5. The molecule has 0 spiro atoms. The zero-order chi connectivity index (χ0) is 15.0. The molecule has 0 saturated heterocycles. The van der Waals surface area contributed by atoms with E-state index in [9.17, 15) is 9.67 Å². The molecule has 0 amide bonds. The third-order valence-corrected chi connectivity index (χ3v) is 5.39. The van der Waals surface area contributed by atoms with E-state index in [1.54, 1.807) is 0 Å². The van der Waals surface area contributed by atoms with E-state index in [0.717, 1.165) is 5.56 Å². The summed E-state index contributed by atoms with van der Waals surface area (Å²) in [4.78, 5) is 0. The predicted octanol–water partition coefficient (Wildman–Crippen LogP) is 4.25. The summed E-state index contributed by atoms with van der Waals surface area (Å²) >= 11 is 0. The molecule has 2 unspecified atom stereocenters. The number of allylic oxidation sites excluding steroid dienone is 2. The van der Waals surface area contributed by atoms with Crippen molar-refractivity contribution in [3.05, 3.63) is 48.0 Å². The summed E-state index contributed by atoms with van der Waals surface area (Å²) in [7, 11) is -2.68. The molecule has 0 radical (unpaired) electrons. The molecule has 0 aliphatic heterocycles. The van der Waals surface area contributed by atoms with Crippen LogP contribution in [0.2, 0.25) is 0 Å².